The van der Waals surface area contributed by atoms with Gasteiger partial charge in [-0.15, -0.1) is 0 Å². The van der Waals surface area contributed by atoms with Crippen LogP contribution in [0.2, 0.25) is 0 Å². The van der Waals surface area contributed by atoms with Gasteiger partial charge in [0.25, 0.3) is 0 Å². The van der Waals surface area contributed by atoms with E-state index in [1.54, 1.807) is 0 Å². The van der Waals surface area contributed by atoms with Crippen LogP contribution in [-0.2, 0) is 4.79 Å². The van der Waals surface area contributed by atoms with Crippen LogP contribution in [0.4, 0.5) is 22.7 Å². The number of anilines is 4. The first-order valence-corrected chi connectivity index (χ1v) is 8.75. The van der Waals surface area contributed by atoms with E-state index in [1.165, 1.54) is 0 Å². The highest BCUT2D eigenvalue weighted by Gasteiger charge is 2.05. The molecule has 0 unspecified atom stereocenters. The average Bonchev–Trinajstić information content (AvgIpc) is 2.69. The van der Waals surface area contributed by atoms with Gasteiger partial charge in [-0.1, -0.05) is 36.4 Å². The Bertz CT molecular complexity index is 891. The normalized spacial score (nSPS) is 10.9. The number of benzene rings is 3. The van der Waals surface area contributed by atoms with Crippen molar-refractivity contribution in [3.05, 3.63) is 84.9 Å². The summed E-state index contributed by atoms with van der Waals surface area (Å²) in [5, 5.41) is 10.4. The van der Waals surface area contributed by atoms with E-state index in [-0.39, 0.29) is 12.3 Å². The highest BCUT2D eigenvalue weighted by Crippen LogP contribution is 2.18. The van der Waals surface area contributed by atoms with Gasteiger partial charge in [0.2, 0.25) is 5.91 Å². The van der Waals surface area contributed by atoms with Crippen molar-refractivity contribution in [1.29, 1.82) is 0 Å². The maximum atomic E-state index is 12.2. The van der Waals surface area contributed by atoms with E-state index in [0.29, 0.717) is 5.71 Å². The Morgan fingerprint density at radius 3 is 1.89 bits per heavy atom. The van der Waals surface area contributed by atoms with Gasteiger partial charge in [0, 0.05) is 22.8 Å². The van der Waals surface area contributed by atoms with Gasteiger partial charge in [-0.05, 0) is 55.5 Å². The van der Waals surface area contributed by atoms with Gasteiger partial charge in [0.15, 0.2) is 0 Å². The number of nitrogens with one attached hydrogen (secondary N) is 3. The molecular formula is C22H22N4O. The third-order valence-corrected chi connectivity index (χ3v) is 3.80. The number of amides is 1. The third kappa shape index (κ3) is 6.01. The average molecular weight is 358 g/mol. The molecule has 3 aromatic rings. The number of nitrogens with zero attached hydrogens (tertiary/aromatic N) is 1. The lowest BCUT2D eigenvalue weighted by molar-refractivity contribution is -0.115. The monoisotopic (exact) mass is 358 g/mol. The molecule has 27 heavy (non-hydrogen) atoms. The fourth-order valence-electron chi connectivity index (χ4n) is 2.47. The Morgan fingerprint density at radius 1 is 0.741 bits per heavy atom. The van der Waals surface area contributed by atoms with Gasteiger partial charge in [-0.25, -0.2) is 0 Å². The summed E-state index contributed by atoms with van der Waals surface area (Å²) in [7, 11) is 0. The van der Waals surface area contributed by atoms with Gasteiger partial charge in [0.1, 0.15) is 0 Å². The summed E-state index contributed by atoms with van der Waals surface area (Å²) >= 11 is 0. The van der Waals surface area contributed by atoms with Gasteiger partial charge in [-0.2, -0.15) is 5.10 Å². The van der Waals surface area contributed by atoms with Crippen LogP contribution in [0, 0.1) is 0 Å². The molecule has 1 amide bonds. The van der Waals surface area contributed by atoms with Crippen molar-refractivity contribution in [2.24, 2.45) is 5.10 Å². The van der Waals surface area contributed by atoms with E-state index in [2.05, 4.69) is 21.2 Å². The van der Waals surface area contributed by atoms with Crippen molar-refractivity contribution in [3.63, 3.8) is 0 Å². The van der Waals surface area contributed by atoms with E-state index >= 15 is 0 Å². The van der Waals surface area contributed by atoms with E-state index in [4.69, 9.17) is 0 Å². The number of rotatable bonds is 7. The molecule has 5 nitrogen and oxygen atoms in total. The maximum absolute atomic E-state index is 12.2. The summed E-state index contributed by atoms with van der Waals surface area (Å²) in [5.74, 6) is -0.102. The first kappa shape index (κ1) is 18.2. The molecule has 3 rings (SSSR count). The SMILES string of the molecule is C/C(CC(=O)Nc1ccc(Nc2ccccc2)cc1)=N\Nc1ccccc1. The van der Waals surface area contributed by atoms with Crippen molar-refractivity contribution in [3.8, 4) is 0 Å². The zero-order valence-corrected chi connectivity index (χ0v) is 15.1. The number of para-hydroxylation sites is 2. The molecular weight excluding hydrogens is 336 g/mol. The standard InChI is InChI=1S/C22H22N4O/c1-17(25-26-21-10-6-3-7-11-21)16-22(27)24-20-14-12-19(13-15-20)23-18-8-4-2-5-9-18/h2-15,23,26H,16H2,1H3,(H,24,27)/b25-17+. The number of hydrogen-bond acceptors (Lipinski definition) is 4. The molecule has 0 bridgehead atoms. The maximum Gasteiger partial charge on any atom is 0.230 e. The first-order chi connectivity index (χ1) is 13.2. The third-order valence-electron chi connectivity index (χ3n) is 3.80. The second-order valence-electron chi connectivity index (χ2n) is 6.12. The molecule has 0 aliphatic rings. The Labute approximate surface area is 159 Å². The lowest BCUT2D eigenvalue weighted by Crippen LogP contribution is -2.15. The summed E-state index contributed by atoms with van der Waals surface area (Å²) in [5.41, 5.74) is 7.27. The van der Waals surface area contributed by atoms with Crippen LogP contribution in [0.15, 0.2) is 90.0 Å². The fraction of sp³-hybridized carbons (Fsp3) is 0.0909. The van der Waals surface area contributed by atoms with Crippen LogP contribution in [0.1, 0.15) is 13.3 Å². The molecule has 5 heteroatoms. The zero-order chi connectivity index (χ0) is 18.9. The number of carbonyl (C=O) groups is 1. The Morgan fingerprint density at radius 2 is 1.26 bits per heavy atom. The van der Waals surface area contributed by atoms with Crippen LogP contribution in [-0.4, -0.2) is 11.6 Å². The molecule has 0 aliphatic heterocycles. The van der Waals surface area contributed by atoms with E-state index in [1.807, 2.05) is 91.9 Å². The van der Waals surface area contributed by atoms with Gasteiger partial charge >= 0.3 is 0 Å². The Hall–Kier alpha value is -3.60. The molecule has 136 valence electrons. The largest absolute Gasteiger partial charge is 0.356 e. The molecule has 0 spiro atoms. The molecule has 3 aromatic carbocycles. The summed E-state index contributed by atoms with van der Waals surface area (Å²) < 4.78 is 0. The highest BCUT2D eigenvalue weighted by molar-refractivity contribution is 6.05. The van der Waals surface area contributed by atoms with Crippen LogP contribution in [0.5, 0.6) is 0 Å². The topological polar surface area (TPSA) is 65.5 Å². The number of hydrazone groups is 1. The highest BCUT2D eigenvalue weighted by atomic mass is 16.1. The Kier molecular flexibility index (Phi) is 6.20. The predicted octanol–water partition coefficient (Wildman–Crippen LogP) is 5.25. The summed E-state index contributed by atoms with van der Waals surface area (Å²) in [4.78, 5) is 12.2. The minimum absolute atomic E-state index is 0.102. The first-order valence-electron chi connectivity index (χ1n) is 8.75. The van der Waals surface area contributed by atoms with Gasteiger partial charge in [-0.3, -0.25) is 10.2 Å². The molecule has 0 aliphatic carbocycles. The van der Waals surface area contributed by atoms with E-state index < -0.39 is 0 Å². The lowest BCUT2D eigenvalue weighted by Gasteiger charge is -2.09. The Balaban J connectivity index is 1.50. The van der Waals surface area contributed by atoms with Crippen LogP contribution >= 0.6 is 0 Å². The molecule has 0 saturated heterocycles. The van der Waals surface area contributed by atoms with E-state index in [9.17, 15) is 4.79 Å². The van der Waals surface area contributed by atoms with Crippen molar-refractivity contribution in [2.75, 3.05) is 16.1 Å². The summed E-state index contributed by atoms with van der Waals surface area (Å²) in [6.07, 6.45) is 0.226. The second-order valence-corrected chi connectivity index (χ2v) is 6.12. The predicted molar refractivity (Wildman–Crippen MR) is 113 cm³/mol. The molecule has 0 heterocycles. The van der Waals surface area contributed by atoms with Crippen molar-refractivity contribution < 1.29 is 4.79 Å². The number of carbonyl (C=O) groups excluding carboxylic acids is 1. The van der Waals surface area contributed by atoms with Crippen LogP contribution in [0.25, 0.3) is 0 Å². The summed E-state index contributed by atoms with van der Waals surface area (Å²) in [6, 6.07) is 27.2. The van der Waals surface area contributed by atoms with Gasteiger partial charge in [0.05, 0.1) is 12.1 Å². The molecule has 0 aromatic heterocycles. The smallest absolute Gasteiger partial charge is 0.230 e. The minimum atomic E-state index is -0.102. The zero-order valence-electron chi connectivity index (χ0n) is 15.1. The van der Waals surface area contributed by atoms with Gasteiger partial charge < -0.3 is 10.6 Å². The molecule has 0 atom stereocenters. The van der Waals surface area contributed by atoms with Crippen LogP contribution in [0.3, 0.4) is 0 Å². The van der Waals surface area contributed by atoms with Crippen molar-refractivity contribution in [1.82, 2.24) is 0 Å². The lowest BCUT2D eigenvalue weighted by atomic mass is 10.2. The van der Waals surface area contributed by atoms with Crippen molar-refractivity contribution in [2.45, 2.75) is 13.3 Å². The quantitative estimate of drug-likeness (QED) is 0.399. The molecule has 3 N–H and O–H groups in total. The molecule has 0 fully saturated rings. The van der Waals surface area contributed by atoms with E-state index in [0.717, 1.165) is 22.7 Å². The number of hydrogen-bond donors (Lipinski definition) is 3. The minimum Gasteiger partial charge on any atom is -0.356 e. The summed E-state index contributed by atoms with van der Waals surface area (Å²) in [6.45, 7) is 1.82. The van der Waals surface area contributed by atoms with Crippen molar-refractivity contribution >= 4 is 34.4 Å². The molecule has 0 saturated carbocycles. The molecule has 0 radical (unpaired) electrons. The second kappa shape index (κ2) is 9.20. The fourth-order valence-corrected chi connectivity index (χ4v) is 2.47. The van der Waals surface area contributed by atoms with Crippen LogP contribution < -0.4 is 16.1 Å².